The van der Waals surface area contributed by atoms with Crippen molar-refractivity contribution in [2.24, 2.45) is 0 Å². The molecule has 2 aromatic rings. The van der Waals surface area contributed by atoms with Crippen LogP contribution < -0.4 is 5.32 Å². The van der Waals surface area contributed by atoms with E-state index in [1.807, 2.05) is 56.0 Å². The lowest BCUT2D eigenvalue weighted by Gasteiger charge is -2.21. The number of aryl methyl sites for hydroxylation is 1. The molecule has 1 N–H and O–H groups in total. The number of rotatable bonds is 10. The molecule has 2 rings (SSSR count). The van der Waals surface area contributed by atoms with Gasteiger partial charge in [0.25, 0.3) is 0 Å². The lowest BCUT2D eigenvalue weighted by atomic mass is 10.2. The van der Waals surface area contributed by atoms with Crippen molar-refractivity contribution in [3.8, 4) is 0 Å². The monoisotopic (exact) mass is 417 g/mol. The number of sulfonamides is 1. The molecule has 0 aliphatic heterocycles. The largest absolute Gasteiger partial charge is 0.325 e. The highest BCUT2D eigenvalue weighted by Gasteiger charge is 2.24. The number of anilines is 1. The summed E-state index contributed by atoms with van der Waals surface area (Å²) in [6.45, 7) is 9.86. The first kappa shape index (κ1) is 23.1. The first-order chi connectivity index (χ1) is 13.8. The van der Waals surface area contributed by atoms with Crippen LogP contribution in [0.25, 0.3) is 0 Å². The van der Waals surface area contributed by atoms with Gasteiger partial charge in [0.05, 0.1) is 11.4 Å². The van der Waals surface area contributed by atoms with E-state index in [1.165, 1.54) is 4.31 Å². The van der Waals surface area contributed by atoms with Crippen LogP contribution in [0.5, 0.6) is 0 Å². The van der Waals surface area contributed by atoms with E-state index in [1.54, 1.807) is 25.1 Å². The van der Waals surface area contributed by atoms with E-state index in [-0.39, 0.29) is 17.3 Å². The number of amides is 1. The number of carbonyl (C=O) groups excluding carboxylic acids is 1. The number of nitrogens with zero attached hydrogens (tertiary/aromatic N) is 2. The van der Waals surface area contributed by atoms with Gasteiger partial charge in [0.1, 0.15) is 0 Å². The standard InChI is InChI=1S/C22H31N3O3S/c1-5-24(16-19-11-9-8-10-12-19)17-22(26)23-20-14-13-18(4)21(15-20)29(27,28)25(6-2)7-3/h8-15H,5-7,16-17H2,1-4H3,(H,23,26). The number of benzene rings is 2. The molecule has 158 valence electrons. The zero-order valence-corrected chi connectivity index (χ0v) is 18.5. The lowest BCUT2D eigenvalue weighted by molar-refractivity contribution is -0.117. The summed E-state index contributed by atoms with van der Waals surface area (Å²) in [4.78, 5) is 14.8. The van der Waals surface area contributed by atoms with E-state index in [0.717, 1.165) is 12.1 Å². The third kappa shape index (κ3) is 6.13. The molecule has 6 nitrogen and oxygen atoms in total. The fourth-order valence-electron chi connectivity index (χ4n) is 3.18. The number of likely N-dealkylation sites (N-methyl/N-ethyl adjacent to an activating group) is 1. The zero-order chi connectivity index (χ0) is 21.4. The Bertz CT molecular complexity index is 910. The van der Waals surface area contributed by atoms with Crippen molar-refractivity contribution in [2.75, 3.05) is 31.5 Å². The van der Waals surface area contributed by atoms with Gasteiger partial charge in [-0.15, -0.1) is 0 Å². The Morgan fingerprint density at radius 3 is 2.21 bits per heavy atom. The smallest absolute Gasteiger partial charge is 0.243 e. The summed E-state index contributed by atoms with van der Waals surface area (Å²) in [5.74, 6) is -0.169. The molecule has 0 aliphatic rings. The molecule has 0 fully saturated rings. The predicted molar refractivity (Wildman–Crippen MR) is 117 cm³/mol. The Labute approximate surface area is 174 Å². The highest BCUT2D eigenvalue weighted by Crippen LogP contribution is 2.23. The molecule has 0 aromatic heterocycles. The number of nitrogens with one attached hydrogen (secondary N) is 1. The van der Waals surface area contributed by atoms with Gasteiger partial charge in [0.2, 0.25) is 15.9 Å². The summed E-state index contributed by atoms with van der Waals surface area (Å²) in [6, 6.07) is 15.0. The summed E-state index contributed by atoms with van der Waals surface area (Å²) in [5.41, 5.74) is 2.29. The Hall–Kier alpha value is -2.22. The van der Waals surface area contributed by atoms with Gasteiger partial charge in [-0.3, -0.25) is 9.69 Å². The van der Waals surface area contributed by atoms with Gasteiger partial charge >= 0.3 is 0 Å². The van der Waals surface area contributed by atoms with Gasteiger partial charge < -0.3 is 5.32 Å². The van der Waals surface area contributed by atoms with Gasteiger partial charge in [-0.2, -0.15) is 4.31 Å². The quantitative estimate of drug-likeness (QED) is 0.642. The highest BCUT2D eigenvalue weighted by atomic mass is 32.2. The highest BCUT2D eigenvalue weighted by molar-refractivity contribution is 7.89. The Morgan fingerprint density at radius 2 is 1.62 bits per heavy atom. The number of hydrogen-bond donors (Lipinski definition) is 1. The molecule has 0 bridgehead atoms. The molecule has 0 spiro atoms. The average molecular weight is 418 g/mol. The van der Waals surface area contributed by atoms with Crippen LogP contribution in [-0.4, -0.2) is 49.7 Å². The van der Waals surface area contributed by atoms with Gasteiger partial charge in [0, 0.05) is 25.3 Å². The molecule has 29 heavy (non-hydrogen) atoms. The van der Waals surface area contributed by atoms with Crippen LogP contribution in [0.3, 0.4) is 0 Å². The molecular weight excluding hydrogens is 386 g/mol. The molecule has 0 heterocycles. The minimum absolute atomic E-state index is 0.169. The molecule has 0 atom stereocenters. The maximum atomic E-state index is 12.9. The molecule has 1 amide bonds. The fraction of sp³-hybridized carbons (Fsp3) is 0.409. The summed E-state index contributed by atoms with van der Waals surface area (Å²) in [7, 11) is -3.59. The molecule has 0 radical (unpaired) electrons. The van der Waals surface area contributed by atoms with E-state index >= 15 is 0 Å². The van der Waals surface area contributed by atoms with Gasteiger partial charge in [-0.05, 0) is 36.7 Å². The van der Waals surface area contributed by atoms with Crippen molar-refractivity contribution in [3.63, 3.8) is 0 Å². The minimum atomic E-state index is -3.59. The summed E-state index contributed by atoms with van der Waals surface area (Å²) in [5, 5.41) is 2.84. The Morgan fingerprint density at radius 1 is 0.966 bits per heavy atom. The van der Waals surface area contributed by atoms with Crippen molar-refractivity contribution in [1.82, 2.24) is 9.21 Å². The van der Waals surface area contributed by atoms with Crippen molar-refractivity contribution in [3.05, 3.63) is 59.7 Å². The van der Waals surface area contributed by atoms with Crippen molar-refractivity contribution in [1.29, 1.82) is 0 Å². The molecule has 2 aromatic carbocycles. The number of carbonyl (C=O) groups is 1. The minimum Gasteiger partial charge on any atom is -0.325 e. The molecule has 0 aliphatic carbocycles. The molecule has 0 saturated carbocycles. The van der Waals surface area contributed by atoms with Crippen LogP contribution in [0.15, 0.2) is 53.4 Å². The first-order valence-electron chi connectivity index (χ1n) is 9.98. The summed E-state index contributed by atoms with van der Waals surface area (Å²) >= 11 is 0. The van der Waals surface area contributed by atoms with Crippen molar-refractivity contribution < 1.29 is 13.2 Å². The normalized spacial score (nSPS) is 11.8. The summed E-state index contributed by atoms with van der Waals surface area (Å²) < 4.78 is 27.2. The van der Waals surface area contributed by atoms with Crippen LogP contribution in [0.4, 0.5) is 5.69 Å². The van der Waals surface area contributed by atoms with Crippen molar-refractivity contribution in [2.45, 2.75) is 39.1 Å². The molecule has 0 unspecified atom stereocenters. The third-order valence-corrected chi connectivity index (χ3v) is 7.05. The van der Waals surface area contributed by atoms with Crippen LogP contribution in [-0.2, 0) is 21.4 Å². The second kappa shape index (κ2) is 10.5. The maximum Gasteiger partial charge on any atom is 0.243 e. The van der Waals surface area contributed by atoms with E-state index < -0.39 is 10.0 Å². The average Bonchev–Trinajstić information content (AvgIpc) is 2.70. The summed E-state index contributed by atoms with van der Waals surface area (Å²) in [6.07, 6.45) is 0. The molecular formula is C22H31N3O3S. The van der Waals surface area contributed by atoms with E-state index in [9.17, 15) is 13.2 Å². The van der Waals surface area contributed by atoms with Gasteiger partial charge in [0.15, 0.2) is 0 Å². The van der Waals surface area contributed by atoms with Crippen LogP contribution in [0.1, 0.15) is 31.9 Å². The molecule has 7 heteroatoms. The van der Waals surface area contributed by atoms with Crippen LogP contribution in [0.2, 0.25) is 0 Å². The Balaban J connectivity index is 2.12. The lowest BCUT2D eigenvalue weighted by Crippen LogP contribution is -2.33. The predicted octanol–water partition coefficient (Wildman–Crippen LogP) is 3.49. The fourth-order valence-corrected chi connectivity index (χ4v) is 4.89. The Kier molecular flexibility index (Phi) is 8.37. The molecule has 0 saturated heterocycles. The van der Waals surface area contributed by atoms with Gasteiger partial charge in [-0.1, -0.05) is 57.2 Å². The van der Waals surface area contributed by atoms with Crippen LogP contribution in [0, 0.1) is 6.92 Å². The SMILES string of the molecule is CCN(CC(=O)Nc1ccc(C)c(S(=O)(=O)N(CC)CC)c1)Cc1ccccc1. The van der Waals surface area contributed by atoms with Crippen LogP contribution >= 0.6 is 0 Å². The second-order valence-electron chi connectivity index (χ2n) is 6.91. The number of hydrogen-bond acceptors (Lipinski definition) is 4. The van der Waals surface area contributed by atoms with E-state index in [4.69, 9.17) is 0 Å². The zero-order valence-electron chi connectivity index (χ0n) is 17.7. The van der Waals surface area contributed by atoms with E-state index in [2.05, 4.69) is 5.32 Å². The van der Waals surface area contributed by atoms with E-state index in [0.29, 0.717) is 30.9 Å². The van der Waals surface area contributed by atoms with Crippen molar-refractivity contribution >= 4 is 21.6 Å². The second-order valence-corrected chi connectivity index (χ2v) is 8.81. The van der Waals surface area contributed by atoms with Gasteiger partial charge in [-0.25, -0.2) is 8.42 Å². The first-order valence-corrected chi connectivity index (χ1v) is 11.4. The third-order valence-electron chi connectivity index (χ3n) is 4.86. The topological polar surface area (TPSA) is 69.7 Å². The maximum absolute atomic E-state index is 12.9.